The summed E-state index contributed by atoms with van der Waals surface area (Å²) in [6.45, 7) is 3.71. The molecule has 1 aromatic heterocycles. The number of hydrogen-bond acceptors (Lipinski definition) is 6. The third-order valence-electron chi connectivity index (χ3n) is 6.50. The van der Waals surface area contributed by atoms with Crippen LogP contribution in [0.2, 0.25) is 0 Å². The Labute approximate surface area is 264 Å². The second-order valence-corrected chi connectivity index (χ2v) is 12.2. The molecule has 5 rings (SSSR count). The van der Waals surface area contributed by atoms with Crippen LogP contribution in [0.3, 0.4) is 0 Å². The lowest BCUT2D eigenvalue weighted by Crippen LogP contribution is -2.30. The number of carbonyl (C=O) groups is 3. The molecule has 3 N–H and O–H groups in total. The number of nitrogens with one attached hydrogen (secondary N) is 3. The fourth-order valence-electron chi connectivity index (χ4n) is 4.20. The second kappa shape index (κ2) is 14.5. The van der Waals surface area contributed by atoms with Crippen LogP contribution in [0.1, 0.15) is 28.5 Å². The predicted molar refractivity (Wildman–Crippen MR) is 180 cm³/mol. The first-order valence-electron chi connectivity index (χ1n) is 13.9. The normalized spacial score (nSPS) is 11.8. The van der Waals surface area contributed by atoms with Crippen molar-refractivity contribution in [2.45, 2.75) is 24.0 Å². The van der Waals surface area contributed by atoms with Crippen molar-refractivity contribution in [2.75, 3.05) is 10.6 Å². The SMILES string of the molecule is Cc1csc(NC(=O)C(C)Sc2ccc(NC(=O)/C(=C/c3ccc(-c4ccccc4)cc3)NC(=O)c3ccccc3)cc2)n1. The van der Waals surface area contributed by atoms with Gasteiger partial charge in [0.15, 0.2) is 5.13 Å². The van der Waals surface area contributed by atoms with Crippen molar-refractivity contribution in [2.24, 2.45) is 0 Å². The van der Waals surface area contributed by atoms with Crippen molar-refractivity contribution in [3.8, 4) is 11.1 Å². The molecular weight excluding hydrogens is 589 g/mol. The van der Waals surface area contributed by atoms with E-state index in [2.05, 4.69) is 20.9 Å². The fraction of sp³-hybridized carbons (Fsp3) is 0.0857. The van der Waals surface area contributed by atoms with Gasteiger partial charge in [0, 0.05) is 21.5 Å². The molecular formula is C35H30N4O3S2. The lowest BCUT2D eigenvalue weighted by Gasteiger charge is -2.13. The molecule has 5 aromatic rings. The number of thiazole rings is 1. The molecule has 0 aliphatic carbocycles. The van der Waals surface area contributed by atoms with Crippen LogP contribution in [0.4, 0.5) is 10.8 Å². The highest BCUT2D eigenvalue weighted by atomic mass is 32.2. The summed E-state index contributed by atoms with van der Waals surface area (Å²) < 4.78 is 0. The first kappa shape index (κ1) is 30.5. The van der Waals surface area contributed by atoms with E-state index in [1.54, 1.807) is 42.5 Å². The minimum absolute atomic E-state index is 0.104. The molecule has 1 unspecified atom stereocenters. The summed E-state index contributed by atoms with van der Waals surface area (Å²) >= 11 is 2.79. The van der Waals surface area contributed by atoms with E-state index >= 15 is 0 Å². The minimum atomic E-state index is -0.465. The van der Waals surface area contributed by atoms with Crippen molar-refractivity contribution in [3.63, 3.8) is 0 Å². The van der Waals surface area contributed by atoms with E-state index in [9.17, 15) is 14.4 Å². The van der Waals surface area contributed by atoms with Gasteiger partial charge in [-0.05, 0) is 73.0 Å². The topological polar surface area (TPSA) is 100 Å². The molecule has 4 aromatic carbocycles. The molecule has 7 nitrogen and oxygen atoms in total. The molecule has 3 amide bonds. The number of hydrogen-bond donors (Lipinski definition) is 3. The average molecular weight is 619 g/mol. The Morgan fingerprint density at radius 2 is 1.43 bits per heavy atom. The van der Waals surface area contributed by atoms with E-state index in [4.69, 9.17) is 0 Å². The lowest BCUT2D eigenvalue weighted by molar-refractivity contribution is -0.115. The Balaban J connectivity index is 1.28. The Hall–Kier alpha value is -4.99. The zero-order valence-electron chi connectivity index (χ0n) is 24.1. The number of benzene rings is 4. The number of amides is 3. The maximum absolute atomic E-state index is 13.4. The standard InChI is InChI=1S/C35H30N4O3S2/c1-23-22-43-35(36-23)39-32(40)24(2)44-30-19-17-29(18-20-30)37-34(42)31(38-33(41)28-11-7-4-8-12-28)21-25-13-15-27(16-14-25)26-9-5-3-6-10-26/h3-22,24H,1-2H3,(H,37,42)(H,38,41)(H,36,39,40)/b31-21-. The summed E-state index contributed by atoms with van der Waals surface area (Å²) in [6.07, 6.45) is 1.65. The van der Waals surface area contributed by atoms with Crippen molar-refractivity contribution in [3.05, 3.63) is 137 Å². The van der Waals surface area contributed by atoms with Crippen LogP contribution >= 0.6 is 23.1 Å². The summed E-state index contributed by atoms with van der Waals surface area (Å²) in [7, 11) is 0. The third kappa shape index (κ3) is 8.31. The van der Waals surface area contributed by atoms with Crippen molar-refractivity contribution in [1.82, 2.24) is 10.3 Å². The zero-order valence-corrected chi connectivity index (χ0v) is 25.7. The second-order valence-electron chi connectivity index (χ2n) is 9.89. The molecule has 0 saturated heterocycles. The molecule has 0 bridgehead atoms. The van der Waals surface area contributed by atoms with Gasteiger partial charge in [-0.2, -0.15) is 0 Å². The van der Waals surface area contributed by atoms with Gasteiger partial charge in [0.2, 0.25) is 5.91 Å². The molecule has 0 aliphatic heterocycles. The highest BCUT2D eigenvalue weighted by Crippen LogP contribution is 2.27. The van der Waals surface area contributed by atoms with Crippen LogP contribution in [0.25, 0.3) is 17.2 Å². The van der Waals surface area contributed by atoms with Gasteiger partial charge >= 0.3 is 0 Å². The van der Waals surface area contributed by atoms with Crippen molar-refractivity contribution in [1.29, 1.82) is 0 Å². The molecule has 44 heavy (non-hydrogen) atoms. The van der Waals surface area contributed by atoms with Crippen molar-refractivity contribution < 1.29 is 14.4 Å². The number of aromatic nitrogens is 1. The average Bonchev–Trinajstić information content (AvgIpc) is 3.46. The number of rotatable bonds is 10. The van der Waals surface area contributed by atoms with Crippen LogP contribution in [-0.2, 0) is 9.59 Å². The number of anilines is 2. The van der Waals surface area contributed by atoms with Crippen LogP contribution in [0.5, 0.6) is 0 Å². The Morgan fingerprint density at radius 3 is 2.07 bits per heavy atom. The molecule has 1 heterocycles. The molecule has 9 heteroatoms. The Morgan fingerprint density at radius 1 is 0.795 bits per heavy atom. The summed E-state index contributed by atoms with van der Waals surface area (Å²) in [5.74, 6) is -0.990. The molecule has 220 valence electrons. The number of carbonyl (C=O) groups excluding carboxylic acids is 3. The lowest BCUT2D eigenvalue weighted by atomic mass is 10.0. The van der Waals surface area contributed by atoms with Crippen LogP contribution in [-0.4, -0.2) is 28.0 Å². The van der Waals surface area contributed by atoms with Crippen LogP contribution in [0, 0.1) is 6.92 Å². The molecule has 0 saturated carbocycles. The largest absolute Gasteiger partial charge is 0.321 e. The summed E-state index contributed by atoms with van der Waals surface area (Å²) in [5.41, 5.74) is 4.85. The van der Waals surface area contributed by atoms with Gasteiger partial charge in [-0.25, -0.2) is 4.98 Å². The number of nitrogens with zero attached hydrogens (tertiary/aromatic N) is 1. The zero-order chi connectivity index (χ0) is 30.9. The Bertz CT molecular complexity index is 1770. The monoisotopic (exact) mass is 618 g/mol. The maximum atomic E-state index is 13.4. The molecule has 0 aliphatic rings. The third-order valence-corrected chi connectivity index (χ3v) is 8.49. The van der Waals surface area contributed by atoms with E-state index in [1.807, 2.05) is 92.0 Å². The summed E-state index contributed by atoms with van der Waals surface area (Å²) in [4.78, 5) is 44.2. The van der Waals surface area contributed by atoms with Gasteiger partial charge in [0.05, 0.1) is 10.9 Å². The molecule has 0 fully saturated rings. The molecule has 0 radical (unpaired) electrons. The van der Waals surface area contributed by atoms with Gasteiger partial charge in [-0.15, -0.1) is 23.1 Å². The quantitative estimate of drug-likeness (QED) is 0.110. The summed E-state index contributed by atoms with van der Waals surface area (Å²) in [5, 5.41) is 10.6. The van der Waals surface area contributed by atoms with Gasteiger partial charge < -0.3 is 16.0 Å². The van der Waals surface area contributed by atoms with Crippen LogP contribution < -0.4 is 16.0 Å². The summed E-state index contributed by atoms with van der Waals surface area (Å²) in [6, 6.07) is 33.7. The molecule has 1 atom stereocenters. The number of thioether (sulfide) groups is 1. The van der Waals surface area contributed by atoms with E-state index in [0.717, 1.165) is 27.3 Å². The van der Waals surface area contributed by atoms with Crippen LogP contribution in [0.15, 0.2) is 125 Å². The smallest absolute Gasteiger partial charge is 0.272 e. The van der Waals surface area contributed by atoms with E-state index in [1.165, 1.54) is 23.1 Å². The maximum Gasteiger partial charge on any atom is 0.272 e. The minimum Gasteiger partial charge on any atom is -0.321 e. The van der Waals surface area contributed by atoms with Gasteiger partial charge in [0.25, 0.3) is 11.8 Å². The highest BCUT2D eigenvalue weighted by Gasteiger charge is 2.17. The Kier molecular flexibility index (Phi) is 10.0. The molecule has 0 spiro atoms. The predicted octanol–water partition coefficient (Wildman–Crippen LogP) is 7.65. The van der Waals surface area contributed by atoms with Gasteiger partial charge in [0.1, 0.15) is 5.70 Å². The van der Waals surface area contributed by atoms with Crippen molar-refractivity contribution >= 4 is 57.7 Å². The first-order chi connectivity index (χ1) is 21.3. The van der Waals surface area contributed by atoms with Gasteiger partial charge in [-0.3, -0.25) is 14.4 Å². The van der Waals surface area contributed by atoms with E-state index < -0.39 is 5.91 Å². The van der Waals surface area contributed by atoms with E-state index in [-0.39, 0.29) is 22.8 Å². The highest BCUT2D eigenvalue weighted by molar-refractivity contribution is 8.00. The van der Waals surface area contributed by atoms with E-state index in [0.29, 0.717) is 16.4 Å². The number of aryl methyl sites for hydroxylation is 1. The fourth-order valence-corrected chi connectivity index (χ4v) is 5.76. The first-order valence-corrected chi connectivity index (χ1v) is 15.6. The van der Waals surface area contributed by atoms with Gasteiger partial charge in [-0.1, -0.05) is 72.8 Å².